The van der Waals surface area contributed by atoms with Gasteiger partial charge in [-0.05, 0) is 13.3 Å². The minimum Gasteiger partial charge on any atom is -0.393 e. The normalized spacial score (nSPS) is 12.7. The average molecular weight is 166 g/mol. The lowest BCUT2D eigenvalue weighted by molar-refractivity contribution is -0.118. The van der Waals surface area contributed by atoms with Crippen LogP contribution in [0.3, 0.4) is 0 Å². The van der Waals surface area contributed by atoms with Gasteiger partial charge in [-0.2, -0.15) is 0 Å². The Labute approximate surface area is 65.4 Å². The van der Waals surface area contributed by atoms with Gasteiger partial charge in [-0.1, -0.05) is 0 Å². The Bertz CT molecular complexity index is 106. The lowest BCUT2D eigenvalue weighted by Gasteiger charge is -2.03. The van der Waals surface area contributed by atoms with Gasteiger partial charge in [0.05, 0.1) is 6.10 Å². The lowest BCUT2D eigenvalue weighted by Crippen LogP contribution is -2.27. The zero-order valence-corrected chi connectivity index (χ0v) is 6.69. The van der Waals surface area contributed by atoms with Crippen molar-refractivity contribution in [1.29, 1.82) is 0 Å². The van der Waals surface area contributed by atoms with E-state index >= 15 is 0 Å². The highest BCUT2D eigenvalue weighted by molar-refractivity contribution is 6.27. The van der Waals surface area contributed by atoms with E-state index in [-0.39, 0.29) is 17.9 Å². The van der Waals surface area contributed by atoms with E-state index in [4.69, 9.17) is 16.7 Å². The smallest absolute Gasteiger partial charge is 0.234 e. The maximum atomic E-state index is 10.5. The molecule has 2 N–H and O–H groups in total. The van der Waals surface area contributed by atoms with Gasteiger partial charge in [-0.15, -0.1) is 11.6 Å². The molecular weight excluding hydrogens is 154 g/mol. The van der Waals surface area contributed by atoms with Crippen molar-refractivity contribution >= 4 is 17.5 Å². The van der Waals surface area contributed by atoms with Crippen molar-refractivity contribution in [3.8, 4) is 0 Å². The second-order valence-corrected chi connectivity index (χ2v) is 2.39. The number of halogens is 1. The van der Waals surface area contributed by atoms with Crippen LogP contribution in [0.2, 0.25) is 0 Å². The number of alkyl halides is 1. The van der Waals surface area contributed by atoms with E-state index < -0.39 is 0 Å². The third-order valence-corrected chi connectivity index (χ3v) is 1.25. The Morgan fingerprint density at radius 1 is 1.80 bits per heavy atom. The van der Waals surface area contributed by atoms with E-state index in [1.807, 2.05) is 0 Å². The number of rotatable bonds is 4. The highest BCUT2D eigenvalue weighted by atomic mass is 35.5. The van der Waals surface area contributed by atoms with Crippen molar-refractivity contribution in [2.75, 3.05) is 12.4 Å². The molecule has 0 bridgehead atoms. The van der Waals surface area contributed by atoms with Crippen LogP contribution < -0.4 is 5.32 Å². The van der Waals surface area contributed by atoms with E-state index in [9.17, 15) is 4.79 Å². The quantitative estimate of drug-likeness (QED) is 0.581. The van der Waals surface area contributed by atoms with Crippen LogP contribution in [0.25, 0.3) is 0 Å². The summed E-state index contributed by atoms with van der Waals surface area (Å²) in [5, 5.41) is 11.3. The molecule has 1 amide bonds. The van der Waals surface area contributed by atoms with E-state index in [0.29, 0.717) is 13.0 Å². The molecule has 0 radical (unpaired) electrons. The SMILES string of the molecule is C[C@@H](O)CCNC(=O)CCl. The number of hydrogen-bond donors (Lipinski definition) is 2. The first-order chi connectivity index (χ1) is 4.66. The molecule has 0 rings (SSSR count). The average Bonchev–Trinajstić information content (AvgIpc) is 1.87. The zero-order valence-electron chi connectivity index (χ0n) is 5.93. The highest BCUT2D eigenvalue weighted by Crippen LogP contribution is 1.85. The maximum Gasteiger partial charge on any atom is 0.234 e. The summed E-state index contributed by atoms with van der Waals surface area (Å²) in [6, 6.07) is 0. The third-order valence-electron chi connectivity index (χ3n) is 1.01. The minimum absolute atomic E-state index is 0.0141. The number of aliphatic hydroxyl groups excluding tert-OH is 1. The summed E-state index contributed by atoms with van der Waals surface area (Å²) in [6.07, 6.45) is 0.207. The Morgan fingerprint density at radius 3 is 2.80 bits per heavy atom. The molecule has 0 heterocycles. The molecule has 0 fully saturated rings. The van der Waals surface area contributed by atoms with E-state index in [2.05, 4.69) is 5.32 Å². The highest BCUT2D eigenvalue weighted by Gasteiger charge is 1.98. The summed E-state index contributed by atoms with van der Waals surface area (Å²) in [6.45, 7) is 2.16. The molecule has 0 unspecified atom stereocenters. The van der Waals surface area contributed by atoms with Crippen LogP contribution >= 0.6 is 11.6 Å². The van der Waals surface area contributed by atoms with Crippen molar-refractivity contribution in [2.45, 2.75) is 19.4 Å². The fourth-order valence-electron chi connectivity index (χ4n) is 0.468. The fourth-order valence-corrected chi connectivity index (χ4v) is 0.562. The van der Waals surface area contributed by atoms with Gasteiger partial charge >= 0.3 is 0 Å². The van der Waals surface area contributed by atoms with Gasteiger partial charge < -0.3 is 10.4 Å². The second-order valence-electron chi connectivity index (χ2n) is 2.12. The molecule has 3 nitrogen and oxygen atoms in total. The van der Waals surface area contributed by atoms with Crippen LogP contribution in [-0.2, 0) is 4.79 Å². The molecule has 0 aromatic rings. The van der Waals surface area contributed by atoms with Crippen LogP contribution in [0, 0.1) is 0 Å². The molecule has 0 saturated carbocycles. The van der Waals surface area contributed by atoms with Crippen molar-refractivity contribution in [3.63, 3.8) is 0 Å². The molecular formula is C6H12ClNO2. The molecule has 10 heavy (non-hydrogen) atoms. The summed E-state index contributed by atoms with van der Waals surface area (Å²) in [5.41, 5.74) is 0. The summed E-state index contributed by atoms with van der Waals surface area (Å²) in [5.74, 6) is -0.206. The van der Waals surface area contributed by atoms with E-state index in [1.165, 1.54) is 0 Å². The standard InChI is InChI=1S/C6H12ClNO2/c1-5(9)2-3-8-6(10)4-7/h5,9H,2-4H2,1H3,(H,8,10)/t5-/m1/s1. The predicted molar refractivity (Wildman–Crippen MR) is 40.0 cm³/mol. The van der Waals surface area contributed by atoms with Gasteiger partial charge in [0.2, 0.25) is 5.91 Å². The number of carbonyl (C=O) groups is 1. The maximum absolute atomic E-state index is 10.5. The van der Waals surface area contributed by atoms with Crippen LogP contribution in [0.15, 0.2) is 0 Å². The van der Waals surface area contributed by atoms with Gasteiger partial charge in [0.25, 0.3) is 0 Å². The molecule has 0 aliphatic carbocycles. The van der Waals surface area contributed by atoms with Crippen LogP contribution in [0.5, 0.6) is 0 Å². The van der Waals surface area contributed by atoms with E-state index in [0.717, 1.165) is 0 Å². The Hall–Kier alpha value is -0.280. The monoisotopic (exact) mass is 165 g/mol. The molecule has 0 aromatic carbocycles. The molecule has 0 aromatic heterocycles. The lowest BCUT2D eigenvalue weighted by atomic mass is 10.3. The first-order valence-corrected chi connectivity index (χ1v) is 3.71. The largest absolute Gasteiger partial charge is 0.393 e. The molecule has 0 aliphatic rings. The molecule has 0 aliphatic heterocycles. The predicted octanol–water partition coefficient (Wildman–Crippen LogP) is 0.112. The van der Waals surface area contributed by atoms with Gasteiger partial charge in [0.15, 0.2) is 0 Å². The Balaban J connectivity index is 3.12. The Morgan fingerprint density at radius 2 is 2.40 bits per heavy atom. The van der Waals surface area contributed by atoms with E-state index in [1.54, 1.807) is 6.92 Å². The molecule has 0 spiro atoms. The van der Waals surface area contributed by atoms with Crippen LogP contribution in [0.1, 0.15) is 13.3 Å². The van der Waals surface area contributed by atoms with Crippen molar-refractivity contribution in [2.24, 2.45) is 0 Å². The Kier molecular flexibility index (Phi) is 5.35. The van der Waals surface area contributed by atoms with Crippen molar-refractivity contribution < 1.29 is 9.90 Å². The minimum atomic E-state index is -0.365. The summed E-state index contributed by atoms with van der Waals surface area (Å²) in [7, 11) is 0. The second kappa shape index (κ2) is 5.50. The first kappa shape index (κ1) is 9.72. The topological polar surface area (TPSA) is 49.3 Å². The summed E-state index contributed by atoms with van der Waals surface area (Å²) >= 11 is 5.19. The van der Waals surface area contributed by atoms with Gasteiger partial charge in [0, 0.05) is 6.54 Å². The summed E-state index contributed by atoms with van der Waals surface area (Å²) in [4.78, 5) is 10.5. The molecule has 60 valence electrons. The summed E-state index contributed by atoms with van der Waals surface area (Å²) < 4.78 is 0. The number of hydrogen-bond acceptors (Lipinski definition) is 2. The van der Waals surface area contributed by atoms with Gasteiger partial charge in [-0.3, -0.25) is 4.79 Å². The van der Waals surface area contributed by atoms with Crippen LogP contribution in [0.4, 0.5) is 0 Å². The zero-order chi connectivity index (χ0) is 7.98. The number of amides is 1. The van der Waals surface area contributed by atoms with Crippen molar-refractivity contribution in [1.82, 2.24) is 5.32 Å². The molecule has 1 atom stereocenters. The number of nitrogens with one attached hydrogen (secondary N) is 1. The number of aliphatic hydroxyl groups is 1. The van der Waals surface area contributed by atoms with Gasteiger partial charge in [0.1, 0.15) is 5.88 Å². The molecule has 4 heteroatoms. The van der Waals surface area contributed by atoms with Gasteiger partial charge in [-0.25, -0.2) is 0 Å². The van der Waals surface area contributed by atoms with Crippen LogP contribution in [-0.4, -0.2) is 29.5 Å². The number of carbonyl (C=O) groups excluding carboxylic acids is 1. The molecule has 0 saturated heterocycles. The van der Waals surface area contributed by atoms with Crippen molar-refractivity contribution in [3.05, 3.63) is 0 Å². The fraction of sp³-hybridized carbons (Fsp3) is 0.833. The first-order valence-electron chi connectivity index (χ1n) is 3.17. The third kappa shape index (κ3) is 5.85.